The summed E-state index contributed by atoms with van der Waals surface area (Å²) >= 11 is 0. The first kappa shape index (κ1) is 11.5. The molecule has 0 aliphatic rings. The first-order chi connectivity index (χ1) is 3.00. The molecule has 0 aliphatic heterocycles. The van der Waals surface area contributed by atoms with E-state index in [0.29, 0.717) is 0 Å². The Kier molecular flexibility index (Phi) is 11.2. The Bertz CT molecular complexity index is 80.5. The van der Waals surface area contributed by atoms with Crippen LogP contribution in [0, 0.1) is 0 Å². The van der Waals surface area contributed by atoms with E-state index in [-0.39, 0.29) is 54.4 Å². The van der Waals surface area contributed by atoms with E-state index < -0.39 is 0 Å². The van der Waals surface area contributed by atoms with Gasteiger partial charge in [-0.2, -0.15) is 0 Å². The van der Waals surface area contributed by atoms with Crippen LogP contribution in [-0.2, 0) is 0 Å². The molecule has 0 aromatic heterocycles. The molecule has 0 saturated carbocycles. The first-order valence-corrected chi connectivity index (χ1v) is 2.00. The van der Waals surface area contributed by atoms with E-state index in [4.69, 9.17) is 0 Å². The van der Waals surface area contributed by atoms with Crippen molar-refractivity contribution in [2.75, 3.05) is 0 Å². The zero-order valence-electron chi connectivity index (χ0n) is 3.96. The molecular formula is C6H10BaO. The average molecular weight is 235 g/mol. The third kappa shape index (κ3) is 4.90. The predicted octanol–water partition coefficient (Wildman–Crippen LogP) is -0.0543. The minimum Gasteiger partial charge on any atom is -0.0623 e. The summed E-state index contributed by atoms with van der Waals surface area (Å²) < 4.78 is 0. The Morgan fingerprint density at radius 1 is 0.500 bits per heavy atom. The summed E-state index contributed by atoms with van der Waals surface area (Å²) in [5.41, 5.74) is 0. The molecule has 0 fully saturated rings. The van der Waals surface area contributed by atoms with Gasteiger partial charge in [0.15, 0.2) is 0 Å². The minimum atomic E-state index is 0. The summed E-state index contributed by atoms with van der Waals surface area (Å²) in [6, 6.07) is 12.0. The molecule has 1 nitrogen and oxygen atoms in total. The fraction of sp³-hybridized carbons (Fsp3) is 0. The monoisotopic (exact) mass is 236 g/mol. The summed E-state index contributed by atoms with van der Waals surface area (Å²) in [7, 11) is 0. The zero-order valence-corrected chi connectivity index (χ0v) is 3.96. The Labute approximate surface area is 89.5 Å². The van der Waals surface area contributed by atoms with E-state index in [2.05, 4.69) is 0 Å². The van der Waals surface area contributed by atoms with Crippen LogP contribution >= 0.6 is 0 Å². The topological polar surface area (TPSA) is 31.5 Å². The van der Waals surface area contributed by atoms with Gasteiger partial charge in [-0.1, -0.05) is 36.4 Å². The molecule has 0 atom stereocenters. The van der Waals surface area contributed by atoms with Crippen molar-refractivity contribution >= 4 is 48.9 Å². The van der Waals surface area contributed by atoms with Crippen LogP contribution in [-0.4, -0.2) is 54.4 Å². The number of hydrogen-bond acceptors (Lipinski definition) is 0. The van der Waals surface area contributed by atoms with Gasteiger partial charge in [-0.15, -0.1) is 0 Å². The Morgan fingerprint density at radius 3 is 0.750 bits per heavy atom. The molecule has 0 aliphatic carbocycles. The first-order valence-electron chi connectivity index (χ1n) is 2.00. The predicted molar refractivity (Wildman–Crippen MR) is 38.6 cm³/mol. The largest absolute Gasteiger partial charge is 0.0623 e. The van der Waals surface area contributed by atoms with Gasteiger partial charge in [0, 0.05) is 0 Å². The quantitative estimate of drug-likeness (QED) is 0.565. The third-order valence-electron chi connectivity index (χ3n) is 0.667. The van der Waals surface area contributed by atoms with Crippen LogP contribution in [0.1, 0.15) is 0 Å². The van der Waals surface area contributed by atoms with Crippen LogP contribution in [0.5, 0.6) is 0 Å². The molecule has 0 bridgehead atoms. The number of rotatable bonds is 0. The summed E-state index contributed by atoms with van der Waals surface area (Å²) in [6.07, 6.45) is 0. The van der Waals surface area contributed by atoms with Gasteiger partial charge >= 0.3 is 48.9 Å². The molecule has 0 saturated heterocycles. The number of hydrogen-bond donors (Lipinski definition) is 0. The van der Waals surface area contributed by atoms with Gasteiger partial charge in [0.25, 0.3) is 0 Å². The van der Waals surface area contributed by atoms with Crippen LogP contribution in [0.3, 0.4) is 0 Å². The van der Waals surface area contributed by atoms with Gasteiger partial charge < -0.3 is 5.48 Å². The normalized spacial score (nSPS) is 6.00. The summed E-state index contributed by atoms with van der Waals surface area (Å²) in [5.74, 6) is 0. The van der Waals surface area contributed by atoms with E-state index in [1.807, 2.05) is 36.4 Å². The molecule has 1 rings (SSSR count). The van der Waals surface area contributed by atoms with Gasteiger partial charge in [-0.25, -0.2) is 0 Å². The van der Waals surface area contributed by atoms with Crippen molar-refractivity contribution in [2.45, 2.75) is 0 Å². The van der Waals surface area contributed by atoms with E-state index in [9.17, 15) is 0 Å². The second kappa shape index (κ2) is 7.75. The second-order valence-corrected chi connectivity index (χ2v) is 1.15. The van der Waals surface area contributed by atoms with Gasteiger partial charge in [-0.05, 0) is 0 Å². The molecular weight excluding hydrogens is 225 g/mol. The summed E-state index contributed by atoms with van der Waals surface area (Å²) in [4.78, 5) is 0. The SMILES string of the molecule is O.[BaH2].c1ccccc1. The van der Waals surface area contributed by atoms with Crippen LogP contribution in [0.4, 0.5) is 0 Å². The molecule has 2 N–H and O–H groups in total. The summed E-state index contributed by atoms with van der Waals surface area (Å²) in [5, 5.41) is 0. The van der Waals surface area contributed by atoms with Gasteiger partial charge in [0.05, 0.1) is 0 Å². The molecule has 1 aromatic rings. The maximum atomic E-state index is 2.00. The van der Waals surface area contributed by atoms with Crippen LogP contribution in [0.25, 0.3) is 0 Å². The molecule has 1 aromatic carbocycles. The minimum absolute atomic E-state index is 0. The third-order valence-corrected chi connectivity index (χ3v) is 0.667. The van der Waals surface area contributed by atoms with Crippen molar-refractivity contribution in [3.63, 3.8) is 0 Å². The summed E-state index contributed by atoms with van der Waals surface area (Å²) in [6.45, 7) is 0. The Balaban J connectivity index is 0. The van der Waals surface area contributed by atoms with E-state index in [1.54, 1.807) is 0 Å². The molecule has 8 heavy (non-hydrogen) atoms. The van der Waals surface area contributed by atoms with Gasteiger partial charge in [-0.3, -0.25) is 0 Å². The standard InChI is InChI=1S/C6H6.Ba.H2O.2H/c1-2-4-6-5-3-1;;;;/h1-6H;;1H2;;. The number of benzene rings is 1. The van der Waals surface area contributed by atoms with E-state index >= 15 is 0 Å². The smallest absolute Gasteiger partial charge is 0.0623 e. The van der Waals surface area contributed by atoms with Crippen molar-refractivity contribution in [1.82, 2.24) is 0 Å². The van der Waals surface area contributed by atoms with Crippen molar-refractivity contribution < 1.29 is 5.48 Å². The Morgan fingerprint density at radius 2 is 0.625 bits per heavy atom. The molecule has 0 amide bonds. The maximum absolute atomic E-state index is 2.00. The molecule has 2 heteroatoms. The van der Waals surface area contributed by atoms with Crippen LogP contribution < -0.4 is 0 Å². The van der Waals surface area contributed by atoms with Gasteiger partial charge in [0.1, 0.15) is 0 Å². The fourth-order valence-electron chi connectivity index (χ4n) is 0.385. The van der Waals surface area contributed by atoms with E-state index in [1.165, 1.54) is 0 Å². The molecule has 0 spiro atoms. The van der Waals surface area contributed by atoms with Crippen molar-refractivity contribution in [3.8, 4) is 0 Å². The van der Waals surface area contributed by atoms with Crippen molar-refractivity contribution in [2.24, 2.45) is 0 Å². The van der Waals surface area contributed by atoms with Crippen LogP contribution in [0.15, 0.2) is 36.4 Å². The van der Waals surface area contributed by atoms with Gasteiger partial charge in [0.2, 0.25) is 0 Å². The maximum Gasteiger partial charge on any atom is -0.0623 e. The van der Waals surface area contributed by atoms with Crippen LogP contribution in [0.2, 0.25) is 0 Å². The molecule has 0 heterocycles. The van der Waals surface area contributed by atoms with E-state index in [0.717, 1.165) is 0 Å². The van der Waals surface area contributed by atoms with Crippen molar-refractivity contribution in [1.29, 1.82) is 0 Å². The fourth-order valence-corrected chi connectivity index (χ4v) is 0.385. The molecule has 42 valence electrons. The average Bonchev–Trinajstić information content (AvgIpc) is 1.72. The van der Waals surface area contributed by atoms with Crippen molar-refractivity contribution in [3.05, 3.63) is 36.4 Å². The molecule has 0 unspecified atom stereocenters. The zero-order chi connectivity index (χ0) is 4.24. The molecule has 0 radical (unpaired) electrons. The Hall–Kier alpha value is 0.751. The second-order valence-electron chi connectivity index (χ2n) is 1.15.